The van der Waals surface area contributed by atoms with Gasteiger partial charge in [-0.25, -0.2) is 4.68 Å². The van der Waals surface area contributed by atoms with Crippen LogP contribution in [0.5, 0.6) is 0 Å². The molecule has 2 aromatic carbocycles. The number of aromatic nitrogens is 3. The Morgan fingerprint density at radius 2 is 1.96 bits per heavy atom. The lowest BCUT2D eigenvalue weighted by Gasteiger charge is -2.14. The standard InChI is InChI=1S/C20H25N5O/c1-4-24(3)14-16-8-6-7-15(11-16)13-21-20(26)17-9-10-19-18(12-17)22-23-25(19)5-2/h6-12H,4-5,13-14H2,1-3H3,(H,21,26). The van der Waals surface area contributed by atoms with Crippen molar-refractivity contribution in [3.63, 3.8) is 0 Å². The molecular formula is C20H25N5O. The zero-order chi connectivity index (χ0) is 18.5. The summed E-state index contributed by atoms with van der Waals surface area (Å²) in [7, 11) is 2.10. The topological polar surface area (TPSA) is 63.1 Å². The van der Waals surface area contributed by atoms with Gasteiger partial charge in [-0.05, 0) is 49.8 Å². The van der Waals surface area contributed by atoms with Gasteiger partial charge in [0.25, 0.3) is 5.91 Å². The first kappa shape index (κ1) is 18.1. The lowest BCUT2D eigenvalue weighted by Crippen LogP contribution is -2.23. The lowest BCUT2D eigenvalue weighted by atomic mass is 10.1. The summed E-state index contributed by atoms with van der Waals surface area (Å²) in [5.74, 6) is -0.103. The number of hydrogen-bond acceptors (Lipinski definition) is 4. The van der Waals surface area contributed by atoms with E-state index in [-0.39, 0.29) is 5.91 Å². The van der Waals surface area contributed by atoms with Gasteiger partial charge in [-0.3, -0.25) is 4.79 Å². The van der Waals surface area contributed by atoms with Gasteiger partial charge in [0.05, 0.1) is 5.52 Å². The third-order valence-electron chi connectivity index (χ3n) is 4.51. The Labute approximate surface area is 153 Å². The number of amides is 1. The van der Waals surface area contributed by atoms with E-state index >= 15 is 0 Å². The molecule has 0 aliphatic heterocycles. The molecule has 136 valence electrons. The second-order valence-electron chi connectivity index (χ2n) is 6.44. The van der Waals surface area contributed by atoms with Crippen molar-refractivity contribution in [2.75, 3.05) is 13.6 Å². The summed E-state index contributed by atoms with van der Waals surface area (Å²) in [5, 5.41) is 11.2. The van der Waals surface area contributed by atoms with E-state index in [4.69, 9.17) is 0 Å². The van der Waals surface area contributed by atoms with Crippen LogP contribution in [0.2, 0.25) is 0 Å². The van der Waals surface area contributed by atoms with Crippen molar-refractivity contribution in [1.29, 1.82) is 0 Å². The molecule has 0 aliphatic rings. The highest BCUT2D eigenvalue weighted by Crippen LogP contribution is 2.14. The Kier molecular flexibility index (Phi) is 5.63. The Balaban J connectivity index is 1.66. The lowest BCUT2D eigenvalue weighted by molar-refractivity contribution is 0.0951. The molecule has 0 bridgehead atoms. The van der Waals surface area contributed by atoms with E-state index in [1.54, 1.807) is 6.07 Å². The Morgan fingerprint density at radius 1 is 1.15 bits per heavy atom. The quantitative estimate of drug-likeness (QED) is 0.711. The minimum atomic E-state index is -0.103. The second-order valence-corrected chi connectivity index (χ2v) is 6.44. The molecule has 3 aromatic rings. The zero-order valence-corrected chi connectivity index (χ0v) is 15.6. The zero-order valence-electron chi connectivity index (χ0n) is 15.6. The molecule has 0 fully saturated rings. The summed E-state index contributed by atoms with van der Waals surface area (Å²) in [5.41, 5.74) is 4.63. The van der Waals surface area contributed by atoms with Crippen molar-refractivity contribution >= 4 is 16.9 Å². The average molecular weight is 351 g/mol. The second kappa shape index (κ2) is 8.10. The minimum absolute atomic E-state index is 0.103. The molecule has 0 saturated heterocycles. The van der Waals surface area contributed by atoms with Crippen molar-refractivity contribution < 1.29 is 4.79 Å². The van der Waals surface area contributed by atoms with Gasteiger partial charge in [0.1, 0.15) is 5.52 Å². The molecule has 1 amide bonds. The van der Waals surface area contributed by atoms with Gasteiger partial charge in [-0.2, -0.15) is 0 Å². The molecule has 6 heteroatoms. The van der Waals surface area contributed by atoms with Gasteiger partial charge in [0.15, 0.2) is 0 Å². The molecule has 0 aliphatic carbocycles. The maximum atomic E-state index is 12.5. The first-order valence-corrected chi connectivity index (χ1v) is 8.98. The van der Waals surface area contributed by atoms with Crippen LogP contribution in [0.25, 0.3) is 11.0 Å². The molecule has 0 atom stereocenters. The highest BCUT2D eigenvalue weighted by Gasteiger charge is 2.10. The summed E-state index contributed by atoms with van der Waals surface area (Å²) < 4.78 is 1.82. The van der Waals surface area contributed by atoms with Gasteiger partial charge in [0.2, 0.25) is 0 Å². The van der Waals surface area contributed by atoms with Crippen LogP contribution in [0.3, 0.4) is 0 Å². The molecule has 6 nitrogen and oxygen atoms in total. The fourth-order valence-electron chi connectivity index (χ4n) is 2.89. The molecule has 3 rings (SSSR count). The van der Waals surface area contributed by atoms with Gasteiger partial charge in [-0.1, -0.05) is 36.4 Å². The summed E-state index contributed by atoms with van der Waals surface area (Å²) >= 11 is 0. The first-order valence-electron chi connectivity index (χ1n) is 8.98. The van der Waals surface area contributed by atoms with Crippen LogP contribution in [0.1, 0.15) is 35.3 Å². The van der Waals surface area contributed by atoms with Crippen LogP contribution >= 0.6 is 0 Å². The first-order chi connectivity index (χ1) is 12.6. The summed E-state index contributed by atoms with van der Waals surface area (Å²) in [6, 6.07) is 13.8. The molecule has 0 radical (unpaired) electrons. The van der Waals surface area contributed by atoms with Crippen LogP contribution in [0.15, 0.2) is 42.5 Å². The summed E-state index contributed by atoms with van der Waals surface area (Å²) in [6.07, 6.45) is 0. The van der Waals surface area contributed by atoms with Gasteiger partial charge < -0.3 is 10.2 Å². The average Bonchev–Trinajstić information content (AvgIpc) is 3.08. The Bertz CT molecular complexity index is 902. The van der Waals surface area contributed by atoms with Crippen LogP contribution in [0.4, 0.5) is 0 Å². The van der Waals surface area contributed by atoms with Crippen LogP contribution in [-0.4, -0.2) is 39.4 Å². The molecule has 1 aromatic heterocycles. The third kappa shape index (κ3) is 4.08. The molecular weight excluding hydrogens is 326 g/mol. The fourth-order valence-corrected chi connectivity index (χ4v) is 2.89. The maximum absolute atomic E-state index is 12.5. The van der Waals surface area contributed by atoms with Gasteiger partial charge in [0, 0.05) is 25.2 Å². The SMILES string of the molecule is CCN(C)Cc1cccc(CNC(=O)c2ccc3c(c2)nnn3CC)c1. The van der Waals surface area contributed by atoms with E-state index in [9.17, 15) is 4.79 Å². The monoisotopic (exact) mass is 351 g/mol. The summed E-state index contributed by atoms with van der Waals surface area (Å²) in [4.78, 5) is 14.7. The van der Waals surface area contributed by atoms with Crippen LogP contribution < -0.4 is 5.32 Å². The predicted molar refractivity (Wildman–Crippen MR) is 103 cm³/mol. The Hall–Kier alpha value is -2.73. The highest BCUT2D eigenvalue weighted by molar-refractivity contribution is 5.97. The van der Waals surface area contributed by atoms with Crippen molar-refractivity contribution in [3.8, 4) is 0 Å². The molecule has 26 heavy (non-hydrogen) atoms. The smallest absolute Gasteiger partial charge is 0.251 e. The number of fused-ring (bicyclic) bond motifs is 1. The molecule has 1 heterocycles. The van der Waals surface area contributed by atoms with Crippen molar-refractivity contribution in [2.45, 2.75) is 33.5 Å². The number of nitrogens with one attached hydrogen (secondary N) is 1. The van der Waals surface area contributed by atoms with Gasteiger partial charge in [-0.15, -0.1) is 5.10 Å². The highest BCUT2D eigenvalue weighted by atomic mass is 16.1. The van der Waals surface area contributed by atoms with E-state index in [1.165, 1.54) is 5.56 Å². The molecule has 0 unspecified atom stereocenters. The summed E-state index contributed by atoms with van der Waals surface area (Å²) in [6.45, 7) is 7.32. The minimum Gasteiger partial charge on any atom is -0.348 e. The number of carbonyl (C=O) groups is 1. The van der Waals surface area contributed by atoms with Crippen LogP contribution in [-0.2, 0) is 19.6 Å². The van der Waals surface area contributed by atoms with Crippen molar-refractivity contribution in [3.05, 3.63) is 59.2 Å². The number of aryl methyl sites for hydroxylation is 1. The van der Waals surface area contributed by atoms with E-state index < -0.39 is 0 Å². The third-order valence-corrected chi connectivity index (χ3v) is 4.51. The molecule has 0 spiro atoms. The number of benzene rings is 2. The van der Waals surface area contributed by atoms with E-state index in [0.717, 1.165) is 36.2 Å². The number of carbonyl (C=O) groups excluding carboxylic acids is 1. The molecule has 0 saturated carbocycles. The largest absolute Gasteiger partial charge is 0.348 e. The maximum Gasteiger partial charge on any atom is 0.251 e. The van der Waals surface area contributed by atoms with Gasteiger partial charge >= 0.3 is 0 Å². The van der Waals surface area contributed by atoms with E-state index in [1.807, 2.05) is 35.9 Å². The Morgan fingerprint density at radius 3 is 2.73 bits per heavy atom. The van der Waals surface area contributed by atoms with E-state index in [0.29, 0.717) is 12.1 Å². The van der Waals surface area contributed by atoms with Crippen molar-refractivity contribution in [1.82, 2.24) is 25.2 Å². The molecule has 1 N–H and O–H groups in total. The van der Waals surface area contributed by atoms with Crippen molar-refractivity contribution in [2.24, 2.45) is 0 Å². The van der Waals surface area contributed by atoms with Crippen LogP contribution in [0, 0.1) is 0 Å². The number of hydrogen-bond donors (Lipinski definition) is 1. The number of nitrogens with zero attached hydrogens (tertiary/aromatic N) is 4. The fraction of sp³-hybridized carbons (Fsp3) is 0.350. The normalized spacial score (nSPS) is 11.2. The number of rotatable bonds is 7. The van der Waals surface area contributed by atoms with E-state index in [2.05, 4.69) is 46.6 Å². The predicted octanol–water partition coefficient (Wildman–Crippen LogP) is 2.83.